The molecule has 4 heteroatoms. The predicted molar refractivity (Wildman–Crippen MR) is 145 cm³/mol. The van der Waals surface area contributed by atoms with Crippen LogP contribution in [0.15, 0.2) is 53.5 Å². The van der Waals surface area contributed by atoms with Crippen LogP contribution in [-0.4, -0.2) is 13.3 Å². The van der Waals surface area contributed by atoms with E-state index in [1.54, 1.807) is 7.11 Å². The number of aryl methyl sites for hydroxylation is 1. The smallest absolute Gasteiger partial charge is 0.118 e. The van der Waals surface area contributed by atoms with Crippen molar-refractivity contribution >= 4 is 11.9 Å². The van der Waals surface area contributed by atoms with Gasteiger partial charge in [0.05, 0.1) is 12.8 Å². The largest absolute Gasteiger partial charge is 0.497 e. The molecule has 1 N–H and O–H groups in total. The van der Waals surface area contributed by atoms with Crippen molar-refractivity contribution in [1.29, 1.82) is 5.59 Å². The number of hydrogen-bond donors (Lipinski definition) is 1. The number of nitrogens with one attached hydrogen (secondary N) is 1. The maximum Gasteiger partial charge on any atom is 0.118 e. The Morgan fingerprint density at radius 3 is 1.58 bits per heavy atom. The van der Waals surface area contributed by atoms with Gasteiger partial charge in [-0.3, -0.25) is 4.99 Å². The quantitative estimate of drug-likeness (QED) is 0.388. The summed E-state index contributed by atoms with van der Waals surface area (Å²) in [7, 11) is 1.66. The highest BCUT2D eigenvalue weighted by Crippen LogP contribution is 2.14. The molecular formula is C29H28N2O2. The normalized spacial score (nSPS) is 7.15. The number of terminal acetylenes is 2. The summed E-state index contributed by atoms with van der Waals surface area (Å²) in [6.07, 6.45) is 11.6. The minimum Gasteiger partial charge on any atom is -0.497 e. The van der Waals surface area contributed by atoms with Gasteiger partial charge in [-0.25, -0.2) is 0 Å². The first-order valence-electron chi connectivity index (χ1n) is 9.06. The molecule has 0 bridgehead atoms. The van der Waals surface area contributed by atoms with Gasteiger partial charge in [-0.2, -0.15) is 4.91 Å². The van der Waals surface area contributed by atoms with Crippen molar-refractivity contribution in [1.82, 2.24) is 0 Å². The number of rotatable bonds is 3. The molecule has 0 unspecified atom stereocenters. The lowest BCUT2D eigenvalue weighted by Crippen LogP contribution is -1.84. The van der Waals surface area contributed by atoms with E-state index in [1.165, 1.54) is 5.56 Å². The van der Waals surface area contributed by atoms with Crippen LogP contribution in [0.2, 0.25) is 0 Å². The van der Waals surface area contributed by atoms with Crippen LogP contribution < -0.4 is 4.74 Å². The third-order valence-electron chi connectivity index (χ3n) is 3.22. The first-order valence-corrected chi connectivity index (χ1v) is 9.06. The molecule has 0 amide bonds. The third-order valence-corrected chi connectivity index (χ3v) is 3.22. The number of benzene rings is 2. The summed E-state index contributed by atoms with van der Waals surface area (Å²) in [5.74, 6) is 29.1. The van der Waals surface area contributed by atoms with E-state index in [-0.39, 0.29) is 7.13 Å². The molecule has 0 atom stereocenters. The van der Waals surface area contributed by atoms with Gasteiger partial charge < -0.3 is 4.74 Å². The minimum absolute atomic E-state index is 0. The van der Waals surface area contributed by atoms with Crippen molar-refractivity contribution < 1.29 is 11.9 Å². The first kappa shape index (κ1) is 27.4. The number of aliphatic imine (C=N–C) groups is 1. The van der Waals surface area contributed by atoms with E-state index < -0.39 is 0 Å². The van der Waals surface area contributed by atoms with E-state index >= 15 is 0 Å². The zero-order valence-corrected chi connectivity index (χ0v) is 18.1. The van der Waals surface area contributed by atoms with Crippen molar-refractivity contribution in [2.24, 2.45) is 4.99 Å². The molecule has 0 heterocycles. The summed E-state index contributed by atoms with van der Waals surface area (Å²) in [6, 6.07) is 16.0. The summed E-state index contributed by atoms with van der Waals surface area (Å²) in [5.41, 5.74) is 7.77. The van der Waals surface area contributed by atoms with Gasteiger partial charge in [0, 0.05) is 13.3 Å². The number of hydrogen-bond acceptors (Lipinski definition) is 4. The average molecular weight is 437 g/mol. The van der Waals surface area contributed by atoms with Crippen molar-refractivity contribution in [3.8, 4) is 89.6 Å². The zero-order valence-electron chi connectivity index (χ0n) is 18.1. The van der Waals surface area contributed by atoms with Crippen molar-refractivity contribution in [2.45, 2.75) is 6.92 Å². The van der Waals surface area contributed by atoms with Crippen LogP contribution in [0.5, 0.6) is 5.75 Å². The second-order valence-electron chi connectivity index (χ2n) is 5.41. The molecule has 0 aliphatic carbocycles. The molecule has 0 saturated carbocycles. The van der Waals surface area contributed by atoms with Gasteiger partial charge in [0.25, 0.3) is 0 Å². The molecular weight excluding hydrogens is 408 g/mol. The van der Waals surface area contributed by atoms with Crippen LogP contribution in [-0.2, 0) is 0 Å². The third kappa shape index (κ3) is 15.0. The minimum atomic E-state index is 0. The highest BCUT2D eigenvalue weighted by molar-refractivity contribution is 5.82. The Morgan fingerprint density at radius 2 is 1.18 bits per heavy atom. The molecule has 2 rings (SSSR count). The fourth-order valence-corrected chi connectivity index (χ4v) is 1.79. The van der Waals surface area contributed by atoms with Crippen LogP contribution in [0.3, 0.4) is 0 Å². The van der Waals surface area contributed by atoms with E-state index in [2.05, 4.69) is 101 Å². The van der Waals surface area contributed by atoms with Crippen LogP contribution >= 0.6 is 0 Å². The molecule has 2 aromatic carbocycles. The first-order chi connectivity index (χ1) is 16.2. The lowest BCUT2D eigenvalue weighted by molar-refractivity contribution is 0.415. The van der Waals surface area contributed by atoms with Crippen LogP contribution in [0.25, 0.3) is 0 Å². The highest BCUT2D eigenvalue weighted by atomic mass is 16.5. The molecule has 166 valence electrons. The van der Waals surface area contributed by atoms with E-state index in [1.807, 2.05) is 42.6 Å². The summed E-state index contributed by atoms with van der Waals surface area (Å²) in [5, 5.41) is 0. The van der Waals surface area contributed by atoms with E-state index in [4.69, 9.17) is 22.5 Å². The highest BCUT2D eigenvalue weighted by Gasteiger charge is 1.91. The monoisotopic (exact) mass is 436 g/mol. The van der Waals surface area contributed by atoms with Crippen LogP contribution in [0.1, 0.15) is 18.3 Å². The molecule has 0 aliphatic heterocycles. The number of nitroso groups, excluding NO2 is 1. The summed E-state index contributed by atoms with van der Waals surface area (Å²) in [4.78, 5) is 11.9. The fraction of sp³-hybridized carbons (Fsp3) is 0.0690. The zero-order chi connectivity index (χ0) is 24.6. The Morgan fingerprint density at radius 1 is 0.758 bits per heavy atom. The lowest BCUT2D eigenvalue weighted by atomic mass is 10.2. The van der Waals surface area contributed by atoms with Gasteiger partial charge in [0.2, 0.25) is 0 Å². The molecule has 0 saturated heterocycles. The Kier molecular flexibility index (Phi) is 16.4. The second-order valence-corrected chi connectivity index (χ2v) is 5.41. The van der Waals surface area contributed by atoms with Gasteiger partial charge in [0.15, 0.2) is 0 Å². The Labute approximate surface area is 203 Å². The van der Waals surface area contributed by atoms with Crippen LogP contribution in [0, 0.1) is 101 Å². The van der Waals surface area contributed by atoms with Crippen molar-refractivity contribution in [3.05, 3.63) is 64.6 Å². The average Bonchev–Trinajstić information content (AvgIpc) is 2.87. The van der Waals surface area contributed by atoms with Gasteiger partial charge in [0.1, 0.15) is 5.75 Å². The Hall–Kier alpha value is -5.57. The number of nitrogens with zero attached hydrogens (tertiary/aromatic N) is 1. The summed E-state index contributed by atoms with van der Waals surface area (Å²) in [6.45, 7) is 2.07. The lowest BCUT2D eigenvalue weighted by Gasteiger charge is -1.99. The van der Waals surface area contributed by atoms with Crippen molar-refractivity contribution in [3.63, 3.8) is 0 Å². The molecule has 2 aromatic rings. The fourth-order valence-electron chi connectivity index (χ4n) is 1.79. The molecule has 0 spiro atoms. The number of methoxy groups -OCH3 is 1. The maximum absolute atomic E-state index is 7.50. The maximum atomic E-state index is 7.50. The summed E-state index contributed by atoms with van der Waals surface area (Å²) < 4.78 is 5.10. The van der Waals surface area contributed by atoms with Gasteiger partial charge in [-0.15, -0.1) is 12.8 Å². The van der Waals surface area contributed by atoms with Crippen molar-refractivity contribution in [2.75, 3.05) is 7.11 Å². The van der Waals surface area contributed by atoms with E-state index in [0.29, 0.717) is 0 Å². The molecule has 0 aromatic heterocycles. The Balaban J connectivity index is -0.000000114. The van der Waals surface area contributed by atoms with Gasteiger partial charge in [-0.05, 0) is 120 Å². The molecule has 4 nitrogen and oxygen atoms in total. The standard InChI is InChI=1S/C15H15NO.C14H2.HNO.5H2/c1-12-3-7-14(8-4-12)16-11-13-5-9-15(17-2)10-6-13;1-3-5-7-9-11-13-14-12-10-8-6-4-2;1-2;;;;;/h3-11H,1-2H3;1-2H;1H;5*1H. The second kappa shape index (κ2) is 19.7. The van der Waals surface area contributed by atoms with E-state index in [9.17, 15) is 0 Å². The molecule has 0 radical (unpaired) electrons. The molecule has 33 heavy (non-hydrogen) atoms. The SMILES string of the molecule is C#CC#CC#CC#CC#CC#CC#C.COc1ccc(C=Nc2ccc(C)cc2)cc1.N=O.[HH].[HH].[HH].[HH].[HH]. The van der Waals surface area contributed by atoms with E-state index in [0.717, 1.165) is 17.0 Å². The molecule has 0 aliphatic rings. The van der Waals surface area contributed by atoms with Gasteiger partial charge >= 0.3 is 0 Å². The Bertz CT molecular complexity index is 1280. The van der Waals surface area contributed by atoms with Crippen LogP contribution in [0.4, 0.5) is 5.69 Å². The molecule has 0 fully saturated rings. The topological polar surface area (TPSA) is 62.5 Å². The predicted octanol–water partition coefficient (Wildman–Crippen LogP) is 5.59. The number of ether oxygens (including phenoxy) is 1. The summed E-state index contributed by atoms with van der Waals surface area (Å²) >= 11 is 0. The van der Waals surface area contributed by atoms with Gasteiger partial charge in [-0.1, -0.05) is 23.3 Å².